The van der Waals surface area contributed by atoms with Crippen LogP contribution in [0, 0.1) is 0 Å². The van der Waals surface area contributed by atoms with Crippen molar-refractivity contribution in [2.45, 2.75) is 20.0 Å². The zero-order valence-corrected chi connectivity index (χ0v) is 10.8. The van der Waals surface area contributed by atoms with Crippen LogP contribution >= 0.6 is 11.3 Å². The topological polar surface area (TPSA) is 50.9 Å². The standard InChI is InChI=1S/C13H17N3S/c1-2-15-8-12-9-17-13(16-12)11-5-3-4-10(6-11)7-14/h3-6,9,15H,2,7-8,14H2,1H3. The second kappa shape index (κ2) is 5.91. The van der Waals surface area contributed by atoms with Crippen molar-refractivity contribution in [2.24, 2.45) is 5.73 Å². The molecule has 0 aliphatic rings. The number of thiazole rings is 1. The van der Waals surface area contributed by atoms with Gasteiger partial charge in [0.25, 0.3) is 0 Å². The number of benzene rings is 1. The summed E-state index contributed by atoms with van der Waals surface area (Å²) >= 11 is 1.68. The van der Waals surface area contributed by atoms with E-state index in [0.29, 0.717) is 6.54 Å². The van der Waals surface area contributed by atoms with Crippen LogP contribution in [0.2, 0.25) is 0 Å². The van der Waals surface area contributed by atoms with Gasteiger partial charge < -0.3 is 11.1 Å². The van der Waals surface area contributed by atoms with Crippen molar-refractivity contribution in [3.8, 4) is 10.6 Å². The molecule has 2 rings (SSSR count). The largest absolute Gasteiger partial charge is 0.326 e. The van der Waals surface area contributed by atoms with Gasteiger partial charge >= 0.3 is 0 Å². The van der Waals surface area contributed by atoms with Crippen LogP contribution in [-0.4, -0.2) is 11.5 Å². The highest BCUT2D eigenvalue weighted by Crippen LogP contribution is 2.24. The summed E-state index contributed by atoms with van der Waals surface area (Å²) in [5, 5.41) is 6.44. The zero-order valence-electron chi connectivity index (χ0n) is 9.94. The van der Waals surface area contributed by atoms with Gasteiger partial charge in [-0.3, -0.25) is 0 Å². The lowest BCUT2D eigenvalue weighted by molar-refractivity contribution is 0.715. The maximum Gasteiger partial charge on any atom is 0.123 e. The van der Waals surface area contributed by atoms with E-state index in [2.05, 4.69) is 34.7 Å². The Bertz CT molecular complexity index is 479. The van der Waals surface area contributed by atoms with Crippen molar-refractivity contribution in [2.75, 3.05) is 6.54 Å². The SMILES string of the molecule is CCNCc1csc(-c2cccc(CN)c2)n1. The number of rotatable bonds is 5. The molecule has 0 saturated carbocycles. The van der Waals surface area contributed by atoms with E-state index in [1.165, 1.54) is 0 Å². The van der Waals surface area contributed by atoms with Gasteiger partial charge in [-0.2, -0.15) is 0 Å². The van der Waals surface area contributed by atoms with Gasteiger partial charge in [0.1, 0.15) is 5.01 Å². The van der Waals surface area contributed by atoms with E-state index < -0.39 is 0 Å². The molecule has 17 heavy (non-hydrogen) atoms. The summed E-state index contributed by atoms with van der Waals surface area (Å²) in [5.74, 6) is 0. The monoisotopic (exact) mass is 247 g/mol. The van der Waals surface area contributed by atoms with E-state index >= 15 is 0 Å². The quantitative estimate of drug-likeness (QED) is 0.853. The van der Waals surface area contributed by atoms with Crippen LogP contribution in [0.5, 0.6) is 0 Å². The first-order valence-corrected chi connectivity index (χ1v) is 6.66. The summed E-state index contributed by atoms with van der Waals surface area (Å²) in [4.78, 5) is 4.61. The van der Waals surface area contributed by atoms with E-state index in [0.717, 1.165) is 34.9 Å². The molecule has 1 aromatic carbocycles. The molecular weight excluding hydrogens is 230 g/mol. The summed E-state index contributed by atoms with van der Waals surface area (Å²) in [6, 6.07) is 8.25. The molecular formula is C13H17N3S. The molecule has 0 aliphatic heterocycles. The second-order valence-electron chi connectivity index (χ2n) is 3.83. The normalized spacial score (nSPS) is 10.7. The Morgan fingerprint density at radius 3 is 3.06 bits per heavy atom. The maximum absolute atomic E-state index is 5.64. The average Bonchev–Trinajstić information content (AvgIpc) is 2.85. The van der Waals surface area contributed by atoms with Gasteiger partial charge in [-0.15, -0.1) is 11.3 Å². The van der Waals surface area contributed by atoms with E-state index in [9.17, 15) is 0 Å². The molecule has 0 spiro atoms. The number of hydrogen-bond acceptors (Lipinski definition) is 4. The second-order valence-corrected chi connectivity index (χ2v) is 4.69. The van der Waals surface area contributed by atoms with Crippen LogP contribution in [0.4, 0.5) is 0 Å². The zero-order chi connectivity index (χ0) is 12.1. The highest BCUT2D eigenvalue weighted by Gasteiger charge is 2.04. The number of hydrogen-bond donors (Lipinski definition) is 2. The lowest BCUT2D eigenvalue weighted by Crippen LogP contribution is -2.11. The molecule has 0 atom stereocenters. The van der Waals surface area contributed by atoms with Crippen LogP contribution in [0.15, 0.2) is 29.6 Å². The minimum absolute atomic E-state index is 0.573. The van der Waals surface area contributed by atoms with Crippen molar-refractivity contribution in [1.82, 2.24) is 10.3 Å². The lowest BCUT2D eigenvalue weighted by Gasteiger charge is -2.00. The molecule has 3 nitrogen and oxygen atoms in total. The fraction of sp³-hybridized carbons (Fsp3) is 0.308. The van der Waals surface area contributed by atoms with Crippen molar-refractivity contribution < 1.29 is 0 Å². The lowest BCUT2D eigenvalue weighted by atomic mass is 10.1. The Morgan fingerprint density at radius 1 is 1.41 bits per heavy atom. The predicted octanol–water partition coefficient (Wildman–Crippen LogP) is 2.38. The molecule has 0 amide bonds. The molecule has 0 saturated heterocycles. The third kappa shape index (κ3) is 3.12. The molecule has 0 fully saturated rings. The molecule has 1 aromatic heterocycles. The Morgan fingerprint density at radius 2 is 2.29 bits per heavy atom. The number of nitrogens with one attached hydrogen (secondary N) is 1. The molecule has 3 N–H and O–H groups in total. The molecule has 0 radical (unpaired) electrons. The van der Waals surface area contributed by atoms with E-state index in [-0.39, 0.29) is 0 Å². The van der Waals surface area contributed by atoms with Crippen LogP contribution in [-0.2, 0) is 13.1 Å². The minimum atomic E-state index is 0.573. The molecule has 4 heteroatoms. The maximum atomic E-state index is 5.64. The number of aromatic nitrogens is 1. The highest BCUT2D eigenvalue weighted by atomic mass is 32.1. The van der Waals surface area contributed by atoms with Gasteiger partial charge in [-0.25, -0.2) is 4.98 Å². The van der Waals surface area contributed by atoms with E-state index in [4.69, 9.17) is 5.73 Å². The smallest absolute Gasteiger partial charge is 0.123 e. The Labute approximate surface area is 106 Å². The van der Waals surface area contributed by atoms with Gasteiger partial charge in [-0.05, 0) is 18.2 Å². The summed E-state index contributed by atoms with van der Waals surface area (Å²) in [6.45, 7) is 4.47. The first-order valence-electron chi connectivity index (χ1n) is 5.78. The Balaban J connectivity index is 2.18. The van der Waals surface area contributed by atoms with Crippen LogP contribution in [0.3, 0.4) is 0 Å². The highest BCUT2D eigenvalue weighted by molar-refractivity contribution is 7.13. The summed E-state index contributed by atoms with van der Waals surface area (Å²) < 4.78 is 0. The third-order valence-electron chi connectivity index (χ3n) is 2.52. The van der Waals surface area contributed by atoms with Crippen LogP contribution in [0.25, 0.3) is 10.6 Å². The first kappa shape index (κ1) is 12.2. The van der Waals surface area contributed by atoms with Gasteiger partial charge in [0.2, 0.25) is 0 Å². The molecule has 90 valence electrons. The van der Waals surface area contributed by atoms with Gasteiger partial charge in [0.15, 0.2) is 0 Å². The Hall–Kier alpha value is -1.23. The van der Waals surface area contributed by atoms with Crippen molar-refractivity contribution in [1.29, 1.82) is 0 Å². The van der Waals surface area contributed by atoms with Gasteiger partial charge in [0.05, 0.1) is 5.69 Å². The first-order chi connectivity index (χ1) is 8.33. The molecule has 0 unspecified atom stereocenters. The average molecular weight is 247 g/mol. The third-order valence-corrected chi connectivity index (χ3v) is 3.46. The summed E-state index contributed by atoms with van der Waals surface area (Å²) in [6.07, 6.45) is 0. The molecule has 0 aliphatic carbocycles. The Kier molecular flexibility index (Phi) is 4.25. The van der Waals surface area contributed by atoms with Crippen LogP contribution in [0.1, 0.15) is 18.2 Å². The fourth-order valence-electron chi connectivity index (χ4n) is 1.61. The minimum Gasteiger partial charge on any atom is -0.326 e. The van der Waals surface area contributed by atoms with Crippen molar-refractivity contribution in [3.63, 3.8) is 0 Å². The van der Waals surface area contributed by atoms with Crippen LogP contribution < -0.4 is 11.1 Å². The van der Waals surface area contributed by atoms with Crippen molar-refractivity contribution >= 4 is 11.3 Å². The van der Waals surface area contributed by atoms with Crippen molar-refractivity contribution in [3.05, 3.63) is 40.9 Å². The fourth-order valence-corrected chi connectivity index (χ4v) is 2.42. The molecule has 0 bridgehead atoms. The number of nitrogens with two attached hydrogens (primary N) is 1. The molecule has 1 heterocycles. The van der Waals surface area contributed by atoms with E-state index in [1.54, 1.807) is 11.3 Å². The summed E-state index contributed by atoms with van der Waals surface area (Å²) in [7, 11) is 0. The van der Waals surface area contributed by atoms with E-state index in [1.807, 2.05) is 12.1 Å². The van der Waals surface area contributed by atoms with Gasteiger partial charge in [0, 0.05) is 24.0 Å². The van der Waals surface area contributed by atoms with Gasteiger partial charge in [-0.1, -0.05) is 25.1 Å². The number of nitrogens with zero attached hydrogens (tertiary/aromatic N) is 1. The summed E-state index contributed by atoms with van der Waals surface area (Å²) in [5.41, 5.74) is 9.04. The predicted molar refractivity (Wildman–Crippen MR) is 72.8 cm³/mol. The molecule has 2 aromatic rings.